The van der Waals surface area contributed by atoms with E-state index in [-0.39, 0.29) is 16.7 Å². The third kappa shape index (κ3) is 3.16. The van der Waals surface area contributed by atoms with Crippen molar-refractivity contribution in [2.75, 3.05) is 6.26 Å². The number of carbonyl (C=O) groups excluding carboxylic acids is 1. The molecular weight excluding hydrogens is 383 g/mol. The second kappa shape index (κ2) is 6.54. The van der Waals surface area contributed by atoms with Crippen molar-refractivity contribution in [2.45, 2.75) is 23.9 Å². The number of aromatic nitrogens is 2. The number of benzene rings is 1. The topological polar surface area (TPSA) is 78.2 Å². The first-order valence-corrected chi connectivity index (χ1v) is 8.54. The molecule has 0 saturated heterocycles. The molecule has 11 heteroatoms. The van der Waals surface area contributed by atoms with Gasteiger partial charge in [0.1, 0.15) is 11.8 Å². The zero-order chi connectivity index (χ0) is 20.0. The molecule has 0 aliphatic rings. The Hall–Kier alpha value is -2.14. The summed E-state index contributed by atoms with van der Waals surface area (Å²) in [7, 11) is 1.35. The van der Waals surface area contributed by atoms with Crippen molar-refractivity contribution in [1.29, 1.82) is 0 Å². The largest absolute Gasteiger partial charge is 0.612 e. The fourth-order valence-corrected chi connectivity index (χ4v) is 3.49. The van der Waals surface area contributed by atoms with Gasteiger partial charge in [0.05, 0.1) is 11.8 Å². The minimum Gasteiger partial charge on any atom is -0.612 e. The van der Waals surface area contributed by atoms with Crippen molar-refractivity contribution in [3.63, 3.8) is 0 Å². The Kier molecular flexibility index (Phi) is 5.08. The number of hydrogen-bond acceptors (Lipinski definition) is 4. The summed E-state index contributed by atoms with van der Waals surface area (Å²) in [5.74, 6) is -6.59. The van der Waals surface area contributed by atoms with Gasteiger partial charge in [-0.15, -0.1) is 0 Å². The molecule has 0 radical (unpaired) electrons. The highest BCUT2D eigenvalue weighted by Crippen LogP contribution is 2.47. The molecule has 0 spiro atoms. The van der Waals surface area contributed by atoms with Crippen LogP contribution in [-0.2, 0) is 24.1 Å². The number of aromatic hydroxyl groups is 1. The quantitative estimate of drug-likeness (QED) is 0.490. The fourth-order valence-electron chi connectivity index (χ4n) is 2.44. The van der Waals surface area contributed by atoms with E-state index in [0.717, 1.165) is 30.1 Å². The molecule has 0 aliphatic heterocycles. The van der Waals surface area contributed by atoms with Gasteiger partial charge in [-0.05, 0) is 30.2 Å². The van der Waals surface area contributed by atoms with Crippen molar-refractivity contribution in [1.82, 2.24) is 9.78 Å². The number of alkyl halides is 5. The molecule has 1 aromatic heterocycles. The van der Waals surface area contributed by atoms with Crippen LogP contribution in [0, 0.1) is 6.92 Å². The normalized spacial score (nSPS) is 13.7. The van der Waals surface area contributed by atoms with Gasteiger partial charge < -0.3 is 9.66 Å². The predicted octanol–water partition coefficient (Wildman–Crippen LogP) is 3.06. The van der Waals surface area contributed by atoms with Crippen molar-refractivity contribution >= 4 is 17.0 Å². The third-order valence-corrected chi connectivity index (χ3v) is 4.89. The van der Waals surface area contributed by atoms with Crippen molar-refractivity contribution < 1.29 is 36.4 Å². The lowest BCUT2D eigenvalue weighted by atomic mass is 9.96. The van der Waals surface area contributed by atoms with Crippen LogP contribution in [0.3, 0.4) is 0 Å². The summed E-state index contributed by atoms with van der Waals surface area (Å²) in [6.07, 6.45) is -3.92. The molecule has 1 N–H and O–H groups in total. The molecule has 2 rings (SSSR count). The average molecular weight is 396 g/mol. The Morgan fingerprint density at radius 1 is 1.23 bits per heavy atom. The van der Waals surface area contributed by atoms with E-state index >= 15 is 0 Å². The zero-order valence-electron chi connectivity index (χ0n) is 13.7. The SMILES string of the molecule is Cc1c(C(=O)c2cnn(C)c2O)ccc(C(F)(F)C(F)(F)F)c1[S+](C)[O-]. The maximum atomic E-state index is 13.8. The monoisotopic (exact) mass is 396 g/mol. The van der Waals surface area contributed by atoms with Crippen LogP contribution >= 0.6 is 0 Å². The summed E-state index contributed by atoms with van der Waals surface area (Å²) in [6.45, 7) is 1.12. The van der Waals surface area contributed by atoms with Gasteiger partial charge in [0.2, 0.25) is 11.7 Å². The van der Waals surface area contributed by atoms with Crippen LogP contribution in [-0.4, -0.2) is 37.7 Å². The van der Waals surface area contributed by atoms with Gasteiger partial charge in [-0.3, -0.25) is 4.79 Å². The standard InChI is InChI=1S/C15H13F5N2O3S/c1-7-8(11(23)9-6-21-22(2)13(9)24)4-5-10(12(7)26(3)25)14(16,17)15(18,19)20/h4-6,24H,1-3H3. The first kappa shape index (κ1) is 20.2. The lowest BCUT2D eigenvalue weighted by Crippen LogP contribution is -2.35. The van der Waals surface area contributed by atoms with Crippen LogP contribution in [0.4, 0.5) is 22.0 Å². The van der Waals surface area contributed by atoms with Crippen molar-refractivity contribution in [3.05, 3.63) is 40.6 Å². The zero-order valence-corrected chi connectivity index (χ0v) is 14.5. The summed E-state index contributed by atoms with van der Waals surface area (Å²) in [4.78, 5) is 11.7. The lowest BCUT2D eigenvalue weighted by Gasteiger charge is -2.23. The molecule has 0 saturated carbocycles. The average Bonchev–Trinajstić information content (AvgIpc) is 2.84. The van der Waals surface area contributed by atoms with Crippen LogP contribution < -0.4 is 0 Å². The first-order chi connectivity index (χ1) is 11.8. The van der Waals surface area contributed by atoms with E-state index in [9.17, 15) is 36.4 Å². The minimum atomic E-state index is -5.89. The lowest BCUT2D eigenvalue weighted by molar-refractivity contribution is -0.290. The van der Waals surface area contributed by atoms with E-state index in [4.69, 9.17) is 0 Å². The molecule has 142 valence electrons. The molecule has 26 heavy (non-hydrogen) atoms. The molecule has 0 amide bonds. The number of hydrogen-bond donors (Lipinski definition) is 1. The van der Waals surface area contributed by atoms with Crippen molar-refractivity contribution in [3.8, 4) is 5.88 Å². The van der Waals surface area contributed by atoms with Crippen LogP contribution in [0.25, 0.3) is 0 Å². The fraction of sp³-hybridized carbons (Fsp3) is 0.333. The Morgan fingerprint density at radius 2 is 1.81 bits per heavy atom. The van der Waals surface area contributed by atoms with Gasteiger partial charge in [-0.2, -0.15) is 27.1 Å². The summed E-state index contributed by atoms with van der Waals surface area (Å²) >= 11 is -2.23. The summed E-state index contributed by atoms with van der Waals surface area (Å²) in [6, 6.07) is 1.22. The molecule has 0 bridgehead atoms. The number of carbonyl (C=O) groups is 1. The summed E-state index contributed by atoms with van der Waals surface area (Å²) in [5, 5.41) is 13.4. The Morgan fingerprint density at radius 3 is 2.23 bits per heavy atom. The van der Waals surface area contributed by atoms with Gasteiger partial charge in [-0.1, -0.05) is 0 Å². The molecule has 1 unspecified atom stereocenters. The molecule has 5 nitrogen and oxygen atoms in total. The number of rotatable bonds is 4. The maximum Gasteiger partial charge on any atom is 0.458 e. The highest BCUT2D eigenvalue weighted by atomic mass is 32.2. The van der Waals surface area contributed by atoms with E-state index in [0.29, 0.717) is 6.07 Å². The van der Waals surface area contributed by atoms with E-state index in [2.05, 4.69) is 5.10 Å². The van der Waals surface area contributed by atoms with Crippen LogP contribution in [0.2, 0.25) is 0 Å². The van der Waals surface area contributed by atoms with Gasteiger partial charge in [0, 0.05) is 18.2 Å². The predicted molar refractivity (Wildman–Crippen MR) is 81.8 cm³/mol. The molecule has 0 fully saturated rings. The van der Waals surface area contributed by atoms with E-state index in [1.54, 1.807) is 0 Å². The highest BCUT2D eigenvalue weighted by molar-refractivity contribution is 7.90. The number of nitrogens with zero attached hydrogens (tertiary/aromatic N) is 2. The highest BCUT2D eigenvalue weighted by Gasteiger charge is 2.61. The summed E-state index contributed by atoms with van der Waals surface area (Å²) in [5.41, 5.74) is -2.30. The van der Waals surface area contributed by atoms with Crippen LogP contribution in [0.15, 0.2) is 23.2 Å². The maximum absolute atomic E-state index is 13.8. The Bertz CT molecular complexity index is 862. The second-order valence-electron chi connectivity index (χ2n) is 5.48. The molecule has 0 aliphatic carbocycles. The van der Waals surface area contributed by atoms with E-state index in [1.807, 2.05) is 0 Å². The number of ketones is 1. The van der Waals surface area contributed by atoms with Gasteiger partial charge in [-0.25, -0.2) is 4.68 Å². The summed E-state index contributed by atoms with van der Waals surface area (Å²) < 4.78 is 78.6. The van der Waals surface area contributed by atoms with E-state index in [1.165, 1.54) is 7.05 Å². The number of aryl methyl sites for hydroxylation is 1. The molecule has 1 atom stereocenters. The van der Waals surface area contributed by atoms with Gasteiger partial charge in [0.25, 0.3) is 0 Å². The first-order valence-electron chi connectivity index (χ1n) is 6.98. The molecular formula is C15H13F5N2O3S. The van der Waals surface area contributed by atoms with Crippen LogP contribution in [0.1, 0.15) is 27.0 Å². The van der Waals surface area contributed by atoms with Crippen molar-refractivity contribution in [2.24, 2.45) is 7.05 Å². The smallest absolute Gasteiger partial charge is 0.458 e. The van der Waals surface area contributed by atoms with Gasteiger partial charge >= 0.3 is 12.1 Å². The molecule has 2 aromatic rings. The third-order valence-electron chi connectivity index (χ3n) is 3.78. The minimum absolute atomic E-state index is 0.264. The van der Waals surface area contributed by atoms with E-state index < -0.39 is 45.4 Å². The van der Waals surface area contributed by atoms with Crippen LogP contribution in [0.5, 0.6) is 5.88 Å². The number of halogens is 5. The Labute approximate surface area is 147 Å². The molecule has 1 aromatic carbocycles. The molecule has 1 heterocycles. The second-order valence-corrected chi connectivity index (χ2v) is 6.79. The van der Waals surface area contributed by atoms with Gasteiger partial charge in [0.15, 0.2) is 4.90 Å². The Balaban J connectivity index is 2.69.